The minimum absolute atomic E-state index is 0.377. The molecule has 0 spiro atoms. The van der Waals surface area contributed by atoms with E-state index < -0.39 is 229 Å². The normalized spacial score (nSPS) is 17.8. The van der Waals surface area contributed by atoms with Crippen LogP contribution in [-0.2, 0) is 12.8 Å². The molecule has 1 saturated heterocycles. The van der Waals surface area contributed by atoms with Crippen molar-refractivity contribution < 1.29 is 87.8 Å². The first-order chi connectivity index (χ1) is 37.9. The molecule has 25 heteroatoms. The van der Waals surface area contributed by atoms with E-state index in [0.29, 0.717) is 11.1 Å². The number of rotatable bonds is 4. The first-order valence-electron chi connectivity index (χ1n) is 23.6. The molecule has 1 fully saturated rings. The second kappa shape index (κ2) is 18.4. The summed E-state index contributed by atoms with van der Waals surface area (Å²) in [6, 6.07) is 8.99. The maximum Gasteiger partial charge on any atom is 0.200 e. The van der Waals surface area contributed by atoms with Gasteiger partial charge in [0.2, 0.25) is 23.3 Å². The van der Waals surface area contributed by atoms with Crippen molar-refractivity contribution in [2.75, 3.05) is 20.1 Å². The number of fused-ring (bicyclic) bond motifs is 15. The number of likely N-dealkylation sites (tertiary alicyclic amines) is 1. The van der Waals surface area contributed by atoms with E-state index in [9.17, 15) is 13.2 Å². The van der Waals surface area contributed by atoms with Gasteiger partial charge in [-0.05, 0) is 55.3 Å². The predicted octanol–water partition coefficient (Wildman–Crippen LogP) is 15.2. The Morgan fingerprint density at radius 2 is 0.537 bits per heavy atom. The fourth-order valence-corrected chi connectivity index (χ4v) is 11.7. The van der Waals surface area contributed by atoms with E-state index in [-0.39, 0.29) is 25.9 Å². The summed E-state index contributed by atoms with van der Waals surface area (Å²) in [6.07, 6.45) is -0.769. The fourth-order valence-electron chi connectivity index (χ4n) is 11.7. The van der Waals surface area contributed by atoms with Gasteiger partial charge in [-0.3, -0.25) is 9.97 Å². The van der Waals surface area contributed by atoms with Gasteiger partial charge in [-0.25, -0.2) is 87.8 Å². The fraction of sp³-hybridized carbons (Fsp3) is 0.164. The number of hydrogen-bond acceptors (Lipinski definition) is 3. The number of likely N-dealkylation sites (N-methyl/N-ethyl adjacent to an activating group) is 1. The zero-order valence-corrected chi connectivity index (χ0v) is 39.7. The van der Waals surface area contributed by atoms with Gasteiger partial charge < -0.3 is 14.9 Å². The van der Waals surface area contributed by atoms with Crippen molar-refractivity contribution in [1.29, 1.82) is 0 Å². The number of aromatic amines is 2. The Hall–Kier alpha value is -8.22. The van der Waals surface area contributed by atoms with Crippen molar-refractivity contribution in [3.63, 3.8) is 0 Å². The van der Waals surface area contributed by atoms with E-state index in [1.807, 2.05) is 0 Å². The number of nitrogens with one attached hydrogen (secondary N) is 2. The summed E-state index contributed by atoms with van der Waals surface area (Å²) < 4.78 is 317. The Balaban J connectivity index is 1.41. The summed E-state index contributed by atoms with van der Waals surface area (Å²) in [5.41, 5.74) is -17.5. The number of H-pyrrole nitrogens is 2. The average molecular weight is 1140 g/mol. The molecule has 5 nitrogen and oxygen atoms in total. The molecule has 0 saturated carbocycles. The van der Waals surface area contributed by atoms with Crippen molar-refractivity contribution in [3.8, 4) is 44.5 Å². The van der Waals surface area contributed by atoms with Crippen molar-refractivity contribution in [2.45, 2.75) is 36.5 Å². The molecule has 0 radical (unpaired) electrons. The second-order valence-corrected chi connectivity index (χ2v) is 19.4. The number of benzene rings is 5. The summed E-state index contributed by atoms with van der Waals surface area (Å²) >= 11 is 0. The van der Waals surface area contributed by atoms with Gasteiger partial charge in [0.15, 0.2) is 93.1 Å². The van der Waals surface area contributed by atoms with Gasteiger partial charge in [-0.1, -0.05) is 24.3 Å². The Kier molecular flexibility index (Phi) is 12.1. The Morgan fingerprint density at radius 1 is 0.300 bits per heavy atom. The molecule has 4 unspecified atom stereocenters. The maximum absolute atomic E-state index is 16.9. The van der Waals surface area contributed by atoms with E-state index >= 15 is 74.6 Å². The number of hydrogen-bond donors (Lipinski definition) is 2. The van der Waals surface area contributed by atoms with Gasteiger partial charge >= 0.3 is 0 Å². The van der Waals surface area contributed by atoms with E-state index in [0.717, 1.165) is 24.3 Å². The third-order valence-electron chi connectivity index (χ3n) is 15.2. The molecule has 3 aliphatic heterocycles. The van der Waals surface area contributed by atoms with E-state index in [1.54, 1.807) is 0 Å². The van der Waals surface area contributed by atoms with Crippen LogP contribution < -0.4 is 0 Å². The van der Waals surface area contributed by atoms with Crippen LogP contribution in [0.4, 0.5) is 87.8 Å². The highest BCUT2D eigenvalue weighted by molar-refractivity contribution is 5.97. The second-order valence-electron chi connectivity index (χ2n) is 19.4. The lowest BCUT2D eigenvalue weighted by molar-refractivity contribution is 0.381. The SMILES string of the molecule is CN1CC2c3nc(c(-c4c(F)c(F)c(F)c(F)c4F)c4ccc([nH]4)c(-c4c(F)c(F)c(F)c(F)c4F)c4ccc([nH]4)c(-c4c(F)c(F)c(F)c(F)c4F)c4nc(c3-c3c(F)c(F)c(F)c(F)c3F)C3Cc5ccccc5CC43)C2C1. The Bertz CT molecular complexity index is 4170. The van der Waals surface area contributed by atoms with Crippen molar-refractivity contribution >= 4 is 22.1 Å². The Labute approximate surface area is 433 Å². The minimum atomic E-state index is -2.69. The molecule has 4 aliphatic rings. The summed E-state index contributed by atoms with van der Waals surface area (Å²) in [4.78, 5) is 15.4. The molecular formula is C55H25F20N5. The summed E-state index contributed by atoms with van der Waals surface area (Å²) in [7, 11) is 1.39. The third kappa shape index (κ3) is 7.29. The lowest BCUT2D eigenvalue weighted by atomic mass is 9.72. The summed E-state index contributed by atoms with van der Waals surface area (Å²) in [5.74, 6) is -57.9. The molecule has 6 heterocycles. The molecule has 410 valence electrons. The van der Waals surface area contributed by atoms with Crippen LogP contribution in [0.1, 0.15) is 57.6 Å². The third-order valence-corrected chi connectivity index (χ3v) is 15.2. The van der Waals surface area contributed by atoms with Gasteiger partial charge in [0.25, 0.3) is 0 Å². The molecule has 2 N–H and O–H groups in total. The van der Waals surface area contributed by atoms with Gasteiger partial charge in [-0.15, -0.1) is 0 Å². The molecule has 1 aliphatic carbocycles. The standard InChI is InChI=1S/C55H25F20N5/c1-80-12-18-19(13-80)55-31(30-38(62)46(70)51(75)47(71)39(30)63)53-17-11-15-5-3-2-4-14(15)10-16(17)52(78-53)25(28-34(58)42(66)49(73)43(67)35(28)59)22-8-6-20(76-22)24(27-32(56)40(64)48(72)41(65)33(27)57)21-7-9-23(77-21)26(54(18)79-55)29-36(60)44(68)50(74)45(69)37(29)61/h2-9,16-19,76-77H,10-13H2,1H3. The topological polar surface area (TPSA) is 60.6 Å². The largest absolute Gasteiger partial charge is 0.354 e. The van der Waals surface area contributed by atoms with Gasteiger partial charge in [0.05, 0.1) is 45.0 Å². The highest BCUT2D eigenvalue weighted by atomic mass is 19.2. The lowest BCUT2D eigenvalue weighted by Gasteiger charge is -2.30. The molecule has 0 amide bonds. The highest BCUT2D eigenvalue weighted by Gasteiger charge is 2.48. The highest BCUT2D eigenvalue weighted by Crippen LogP contribution is 2.56. The first-order valence-corrected chi connectivity index (χ1v) is 23.6. The van der Waals surface area contributed by atoms with Crippen LogP contribution in [0, 0.1) is 116 Å². The van der Waals surface area contributed by atoms with Crippen LogP contribution in [0.5, 0.6) is 0 Å². The van der Waals surface area contributed by atoms with E-state index in [1.165, 1.54) is 36.2 Å². The lowest BCUT2D eigenvalue weighted by Crippen LogP contribution is -2.20. The molecule has 8 aromatic rings. The minimum Gasteiger partial charge on any atom is -0.354 e. The smallest absolute Gasteiger partial charge is 0.200 e. The van der Waals surface area contributed by atoms with E-state index in [2.05, 4.69) is 19.9 Å². The van der Waals surface area contributed by atoms with Gasteiger partial charge in [0.1, 0.15) is 0 Å². The van der Waals surface area contributed by atoms with Crippen LogP contribution in [-0.4, -0.2) is 45.0 Å². The summed E-state index contributed by atoms with van der Waals surface area (Å²) in [6.45, 7) is -0.754. The molecule has 4 atom stereocenters. The monoisotopic (exact) mass is 1140 g/mol. The van der Waals surface area contributed by atoms with Crippen LogP contribution in [0.3, 0.4) is 0 Å². The first kappa shape index (κ1) is 52.5. The molecule has 5 aromatic carbocycles. The predicted molar refractivity (Wildman–Crippen MR) is 244 cm³/mol. The van der Waals surface area contributed by atoms with Crippen LogP contribution in [0.25, 0.3) is 66.6 Å². The molecule has 8 bridgehead atoms. The molecular weight excluding hydrogens is 1110 g/mol. The molecule has 80 heavy (non-hydrogen) atoms. The number of nitrogens with zero attached hydrogens (tertiary/aromatic N) is 3. The summed E-state index contributed by atoms with van der Waals surface area (Å²) in [5, 5.41) is 0. The number of halogens is 20. The van der Waals surface area contributed by atoms with E-state index in [4.69, 9.17) is 0 Å². The quantitative estimate of drug-likeness (QED) is 0.105. The van der Waals surface area contributed by atoms with Gasteiger partial charge in [-0.2, -0.15) is 0 Å². The maximum atomic E-state index is 16.9. The van der Waals surface area contributed by atoms with Crippen LogP contribution in [0.2, 0.25) is 0 Å². The zero-order chi connectivity index (χ0) is 57.1. The Morgan fingerprint density at radius 3 is 0.863 bits per heavy atom. The van der Waals surface area contributed by atoms with Crippen LogP contribution >= 0.6 is 0 Å². The van der Waals surface area contributed by atoms with Gasteiger partial charge in [0, 0.05) is 81.1 Å². The number of aromatic nitrogens is 4. The van der Waals surface area contributed by atoms with Crippen LogP contribution in [0.15, 0.2) is 48.5 Å². The van der Waals surface area contributed by atoms with Crippen molar-refractivity contribution in [2.24, 2.45) is 0 Å². The average Bonchev–Trinajstić information content (AvgIpc) is 3.06. The van der Waals surface area contributed by atoms with Crippen molar-refractivity contribution in [3.05, 3.63) is 199 Å². The van der Waals surface area contributed by atoms with Crippen molar-refractivity contribution in [1.82, 2.24) is 24.8 Å². The molecule has 12 rings (SSSR count). The molecule has 3 aromatic heterocycles. The zero-order valence-electron chi connectivity index (χ0n) is 39.7.